The van der Waals surface area contributed by atoms with Gasteiger partial charge < -0.3 is 14.8 Å². The number of hydrogen-bond donors (Lipinski definition) is 2. The lowest BCUT2D eigenvalue weighted by Gasteiger charge is -2.14. The summed E-state index contributed by atoms with van der Waals surface area (Å²) < 4.78 is 5.61. The van der Waals surface area contributed by atoms with Crippen LogP contribution < -0.4 is 5.32 Å². The minimum absolute atomic E-state index is 0.123. The van der Waals surface area contributed by atoms with Gasteiger partial charge in [0, 0.05) is 11.3 Å². The van der Waals surface area contributed by atoms with Gasteiger partial charge in [-0.2, -0.15) is 0 Å². The van der Waals surface area contributed by atoms with Crippen molar-refractivity contribution in [1.29, 1.82) is 0 Å². The number of nitrogens with zero attached hydrogens (tertiary/aromatic N) is 1. The molecule has 1 amide bonds. The number of amides is 1. The molecular weight excluding hydrogens is 280 g/mol. The number of anilines is 1. The van der Waals surface area contributed by atoms with Gasteiger partial charge in [0.1, 0.15) is 5.76 Å². The highest BCUT2D eigenvalue weighted by Crippen LogP contribution is 2.28. The van der Waals surface area contributed by atoms with E-state index in [0.29, 0.717) is 18.0 Å². The van der Waals surface area contributed by atoms with Crippen LogP contribution in [0.3, 0.4) is 0 Å². The number of benzene rings is 1. The third-order valence-electron chi connectivity index (χ3n) is 4.22. The molecule has 22 heavy (non-hydrogen) atoms. The molecule has 0 saturated heterocycles. The summed E-state index contributed by atoms with van der Waals surface area (Å²) in [6.07, 6.45) is 1.81. The molecule has 1 aromatic carbocycles. The fourth-order valence-electron chi connectivity index (χ4n) is 2.81. The third-order valence-corrected chi connectivity index (χ3v) is 4.22. The molecule has 1 aromatic heterocycles. The van der Waals surface area contributed by atoms with Crippen molar-refractivity contribution in [3.63, 3.8) is 0 Å². The van der Waals surface area contributed by atoms with Gasteiger partial charge in [0.15, 0.2) is 0 Å². The van der Waals surface area contributed by atoms with Gasteiger partial charge in [0.2, 0.25) is 11.8 Å². The summed E-state index contributed by atoms with van der Waals surface area (Å²) in [6.45, 7) is 3.77. The first-order valence-corrected chi connectivity index (χ1v) is 7.58. The van der Waals surface area contributed by atoms with Gasteiger partial charge in [-0.15, -0.1) is 0 Å². The first-order chi connectivity index (χ1) is 10.5. The average Bonchev–Trinajstić information content (AvgIpc) is 3.06. The molecule has 0 bridgehead atoms. The molecule has 0 spiro atoms. The number of aliphatic hydroxyl groups is 1. The van der Waals surface area contributed by atoms with Gasteiger partial charge in [-0.3, -0.25) is 4.79 Å². The van der Waals surface area contributed by atoms with E-state index in [1.165, 1.54) is 0 Å². The number of aryl methyl sites for hydroxylation is 2. The normalized spacial score (nSPS) is 21.0. The molecule has 1 heterocycles. The Morgan fingerprint density at radius 1 is 1.36 bits per heavy atom. The van der Waals surface area contributed by atoms with E-state index in [0.717, 1.165) is 29.9 Å². The van der Waals surface area contributed by atoms with E-state index in [1.54, 1.807) is 0 Å². The van der Waals surface area contributed by atoms with Gasteiger partial charge in [0.25, 0.3) is 0 Å². The van der Waals surface area contributed by atoms with Crippen molar-refractivity contribution in [1.82, 2.24) is 4.98 Å². The van der Waals surface area contributed by atoms with E-state index in [9.17, 15) is 9.90 Å². The first-order valence-electron chi connectivity index (χ1n) is 7.58. The van der Waals surface area contributed by atoms with Crippen LogP contribution in [0, 0.1) is 19.8 Å². The van der Waals surface area contributed by atoms with Gasteiger partial charge in [-0.25, -0.2) is 4.98 Å². The van der Waals surface area contributed by atoms with E-state index in [2.05, 4.69) is 10.3 Å². The Bertz CT molecular complexity index is 673. The summed E-state index contributed by atoms with van der Waals surface area (Å²) in [5, 5.41) is 12.7. The zero-order chi connectivity index (χ0) is 15.7. The van der Waals surface area contributed by atoms with Gasteiger partial charge in [-0.05, 0) is 51.3 Å². The molecule has 1 aliphatic rings. The Labute approximate surface area is 129 Å². The van der Waals surface area contributed by atoms with Gasteiger partial charge in [0.05, 0.1) is 17.7 Å². The van der Waals surface area contributed by atoms with Crippen LogP contribution in [0.25, 0.3) is 11.5 Å². The fourth-order valence-corrected chi connectivity index (χ4v) is 2.81. The van der Waals surface area contributed by atoms with E-state index in [1.807, 2.05) is 38.1 Å². The second kappa shape index (κ2) is 5.93. The number of carbonyl (C=O) groups is 1. The van der Waals surface area contributed by atoms with Crippen molar-refractivity contribution >= 4 is 11.6 Å². The topological polar surface area (TPSA) is 75.4 Å². The minimum atomic E-state index is -0.528. The Morgan fingerprint density at radius 2 is 2.18 bits per heavy atom. The van der Waals surface area contributed by atoms with Crippen molar-refractivity contribution < 1.29 is 14.3 Å². The van der Waals surface area contributed by atoms with E-state index < -0.39 is 6.10 Å². The summed E-state index contributed by atoms with van der Waals surface area (Å²) in [7, 11) is 0. The zero-order valence-electron chi connectivity index (χ0n) is 12.8. The smallest absolute Gasteiger partial charge is 0.230 e. The molecule has 1 aliphatic carbocycles. The van der Waals surface area contributed by atoms with Crippen LogP contribution in [-0.4, -0.2) is 22.1 Å². The van der Waals surface area contributed by atoms with Crippen molar-refractivity contribution in [3.05, 3.63) is 35.7 Å². The van der Waals surface area contributed by atoms with Crippen LogP contribution in [0.15, 0.2) is 28.7 Å². The fraction of sp³-hybridized carbons (Fsp3) is 0.412. The van der Waals surface area contributed by atoms with Crippen LogP contribution in [0.1, 0.15) is 30.7 Å². The molecular formula is C17H20N2O3. The highest BCUT2D eigenvalue weighted by molar-refractivity contribution is 5.93. The molecule has 5 heteroatoms. The quantitative estimate of drug-likeness (QED) is 0.913. The maximum absolute atomic E-state index is 12.2. The molecule has 1 fully saturated rings. The molecule has 5 nitrogen and oxygen atoms in total. The Hall–Kier alpha value is -2.14. The molecule has 0 radical (unpaired) electrons. The van der Waals surface area contributed by atoms with Gasteiger partial charge >= 0.3 is 0 Å². The summed E-state index contributed by atoms with van der Waals surface area (Å²) in [5.41, 5.74) is 2.37. The Morgan fingerprint density at radius 3 is 2.82 bits per heavy atom. The lowest BCUT2D eigenvalue weighted by Crippen LogP contribution is -2.28. The van der Waals surface area contributed by atoms with Crippen molar-refractivity contribution in [3.8, 4) is 11.5 Å². The van der Waals surface area contributed by atoms with Crippen molar-refractivity contribution in [2.75, 3.05) is 5.32 Å². The molecule has 1 saturated carbocycles. The minimum Gasteiger partial charge on any atom is -0.441 e. The van der Waals surface area contributed by atoms with Crippen molar-refractivity contribution in [2.24, 2.45) is 5.92 Å². The van der Waals surface area contributed by atoms with Crippen LogP contribution >= 0.6 is 0 Å². The summed E-state index contributed by atoms with van der Waals surface area (Å²) in [5.74, 6) is 0.905. The highest BCUT2D eigenvalue weighted by atomic mass is 16.4. The number of carbonyl (C=O) groups excluding carboxylic acids is 1. The standard InChI is InChI=1S/C17H20N2O3/c1-10-11(2)22-17(18-10)12-5-3-6-13(9-12)19-16(21)14-7-4-8-15(14)20/h3,5-6,9,14-15,20H,4,7-8H2,1-2H3,(H,19,21). The molecule has 3 rings (SSSR count). The predicted molar refractivity (Wildman–Crippen MR) is 83.4 cm³/mol. The second-order valence-electron chi connectivity index (χ2n) is 5.84. The molecule has 2 unspecified atom stereocenters. The lowest BCUT2D eigenvalue weighted by molar-refractivity contribution is -0.122. The Kier molecular flexibility index (Phi) is 3.98. The third kappa shape index (κ3) is 2.90. The first kappa shape index (κ1) is 14.8. The summed E-state index contributed by atoms with van der Waals surface area (Å²) in [4.78, 5) is 16.6. The summed E-state index contributed by atoms with van der Waals surface area (Å²) >= 11 is 0. The van der Waals surface area contributed by atoms with Crippen LogP contribution in [0.5, 0.6) is 0 Å². The van der Waals surface area contributed by atoms with Crippen LogP contribution in [-0.2, 0) is 4.79 Å². The van der Waals surface area contributed by atoms with Crippen LogP contribution in [0.4, 0.5) is 5.69 Å². The van der Waals surface area contributed by atoms with Crippen LogP contribution in [0.2, 0.25) is 0 Å². The summed E-state index contributed by atoms with van der Waals surface area (Å²) in [6, 6.07) is 7.41. The monoisotopic (exact) mass is 300 g/mol. The number of nitrogens with one attached hydrogen (secondary N) is 1. The van der Waals surface area contributed by atoms with E-state index in [-0.39, 0.29) is 11.8 Å². The molecule has 0 aliphatic heterocycles. The lowest BCUT2D eigenvalue weighted by atomic mass is 10.1. The number of oxazole rings is 1. The highest BCUT2D eigenvalue weighted by Gasteiger charge is 2.31. The number of rotatable bonds is 3. The molecule has 2 aromatic rings. The zero-order valence-corrected chi connectivity index (χ0v) is 12.8. The molecule has 2 atom stereocenters. The number of aliphatic hydroxyl groups excluding tert-OH is 1. The maximum atomic E-state index is 12.2. The van der Waals surface area contributed by atoms with Gasteiger partial charge in [-0.1, -0.05) is 6.07 Å². The number of hydrogen-bond acceptors (Lipinski definition) is 4. The Balaban J connectivity index is 1.78. The predicted octanol–water partition coefficient (Wildman–Crippen LogP) is 3.06. The molecule has 2 N–H and O–H groups in total. The number of aromatic nitrogens is 1. The average molecular weight is 300 g/mol. The van der Waals surface area contributed by atoms with Crippen molar-refractivity contribution in [2.45, 2.75) is 39.2 Å². The van der Waals surface area contributed by atoms with E-state index >= 15 is 0 Å². The maximum Gasteiger partial charge on any atom is 0.230 e. The largest absolute Gasteiger partial charge is 0.441 e. The molecule has 116 valence electrons. The van der Waals surface area contributed by atoms with E-state index in [4.69, 9.17) is 4.42 Å². The second-order valence-corrected chi connectivity index (χ2v) is 5.84. The SMILES string of the molecule is Cc1nc(-c2cccc(NC(=O)C3CCCC3O)c2)oc1C.